The number of hydrogen-bond donors (Lipinski definition) is 1. The van der Waals surface area contributed by atoms with Crippen molar-refractivity contribution in [1.82, 2.24) is 9.80 Å². The fourth-order valence-electron chi connectivity index (χ4n) is 4.84. The summed E-state index contributed by atoms with van der Waals surface area (Å²) < 4.78 is 10.7. The van der Waals surface area contributed by atoms with Crippen LogP contribution in [0.1, 0.15) is 49.9 Å². The van der Waals surface area contributed by atoms with E-state index < -0.39 is 17.7 Å². The lowest BCUT2D eigenvalue weighted by atomic mass is 9.85. The number of benzene rings is 2. The summed E-state index contributed by atoms with van der Waals surface area (Å²) in [5.41, 5.74) is 2.49. The first-order valence-corrected chi connectivity index (χ1v) is 12.5. The van der Waals surface area contributed by atoms with Crippen LogP contribution in [0.3, 0.4) is 0 Å². The maximum atomic E-state index is 13.3. The minimum Gasteiger partial charge on any atom is -0.507 e. The Hall–Kier alpha value is -3.16. The average Bonchev–Trinajstić information content (AvgIpc) is 3.13. The topological polar surface area (TPSA) is 79.3 Å². The van der Waals surface area contributed by atoms with Gasteiger partial charge in [-0.3, -0.25) is 14.5 Å². The number of carbonyl (C=O) groups excluding carboxylic acids is 2. The monoisotopic (exact) mass is 492 g/mol. The number of likely N-dealkylation sites (tertiary alicyclic amines) is 1. The fourth-order valence-corrected chi connectivity index (χ4v) is 4.84. The largest absolute Gasteiger partial charge is 0.507 e. The van der Waals surface area contributed by atoms with Gasteiger partial charge >= 0.3 is 0 Å². The van der Waals surface area contributed by atoms with Crippen LogP contribution in [0.4, 0.5) is 0 Å². The third-order valence-electron chi connectivity index (χ3n) is 6.95. The lowest BCUT2D eigenvalue weighted by molar-refractivity contribution is -0.140. The van der Waals surface area contributed by atoms with Gasteiger partial charge in [-0.05, 0) is 35.1 Å². The molecule has 1 atom stereocenters. The molecule has 2 fully saturated rings. The molecule has 1 N–H and O–H groups in total. The van der Waals surface area contributed by atoms with E-state index in [1.54, 1.807) is 36.3 Å². The summed E-state index contributed by atoms with van der Waals surface area (Å²) in [6.07, 6.45) is 0.725. The predicted octanol–water partition coefficient (Wildman–Crippen LogP) is 4.14. The summed E-state index contributed by atoms with van der Waals surface area (Å²) in [5.74, 6) is -0.865. The fraction of sp³-hybridized carbons (Fsp3) is 0.448. The van der Waals surface area contributed by atoms with Crippen molar-refractivity contribution in [2.75, 3.05) is 46.5 Å². The van der Waals surface area contributed by atoms with E-state index in [0.717, 1.165) is 37.2 Å². The summed E-state index contributed by atoms with van der Waals surface area (Å²) in [7, 11) is 1.54. The molecule has 7 heteroatoms. The Kier molecular flexibility index (Phi) is 7.81. The summed E-state index contributed by atoms with van der Waals surface area (Å²) in [5, 5.41) is 11.3. The molecule has 7 nitrogen and oxygen atoms in total. The highest BCUT2D eigenvalue weighted by Gasteiger charge is 2.45. The highest BCUT2D eigenvalue weighted by molar-refractivity contribution is 6.46. The van der Waals surface area contributed by atoms with Gasteiger partial charge in [-0.25, -0.2) is 0 Å². The van der Waals surface area contributed by atoms with Crippen LogP contribution in [0.2, 0.25) is 0 Å². The van der Waals surface area contributed by atoms with Gasteiger partial charge in [-0.2, -0.15) is 0 Å². The minimum atomic E-state index is -0.661. The van der Waals surface area contributed by atoms with Gasteiger partial charge in [0.1, 0.15) is 11.5 Å². The van der Waals surface area contributed by atoms with E-state index in [4.69, 9.17) is 9.47 Å². The first-order valence-electron chi connectivity index (χ1n) is 12.5. The molecule has 0 saturated carbocycles. The zero-order valence-electron chi connectivity index (χ0n) is 21.6. The van der Waals surface area contributed by atoms with Crippen LogP contribution in [-0.4, -0.2) is 73.1 Å². The number of aliphatic hydroxyl groups is 1. The van der Waals surface area contributed by atoms with Crippen molar-refractivity contribution in [2.45, 2.75) is 38.6 Å². The Bertz CT molecular complexity index is 1130. The van der Waals surface area contributed by atoms with Crippen LogP contribution in [0.5, 0.6) is 5.75 Å². The molecule has 0 radical (unpaired) electrons. The van der Waals surface area contributed by atoms with Crippen LogP contribution in [0.15, 0.2) is 54.1 Å². The number of morpholine rings is 1. The zero-order chi connectivity index (χ0) is 25.9. The molecule has 0 spiro atoms. The van der Waals surface area contributed by atoms with Gasteiger partial charge in [0.05, 0.1) is 31.9 Å². The molecular formula is C29H36N2O5. The number of amides is 1. The number of aliphatic hydroxyl groups excluding tert-OH is 1. The normalized spacial score (nSPS) is 20.7. The molecular weight excluding hydrogens is 456 g/mol. The molecule has 1 amide bonds. The molecule has 2 aromatic rings. The van der Waals surface area contributed by atoms with Gasteiger partial charge in [0.15, 0.2) is 0 Å². The van der Waals surface area contributed by atoms with Gasteiger partial charge in [-0.1, -0.05) is 57.2 Å². The van der Waals surface area contributed by atoms with Crippen molar-refractivity contribution >= 4 is 17.4 Å². The van der Waals surface area contributed by atoms with Crippen molar-refractivity contribution in [3.63, 3.8) is 0 Å². The number of rotatable bonds is 7. The number of hydrogen-bond acceptors (Lipinski definition) is 6. The second-order valence-electron chi connectivity index (χ2n) is 10.4. The Morgan fingerprint density at radius 3 is 2.39 bits per heavy atom. The van der Waals surface area contributed by atoms with Crippen molar-refractivity contribution in [1.29, 1.82) is 0 Å². The third-order valence-corrected chi connectivity index (χ3v) is 6.95. The third kappa shape index (κ3) is 5.47. The lowest BCUT2D eigenvalue weighted by Crippen LogP contribution is -2.39. The second-order valence-corrected chi connectivity index (χ2v) is 10.4. The van der Waals surface area contributed by atoms with E-state index >= 15 is 0 Å². The lowest BCUT2D eigenvalue weighted by Gasteiger charge is -2.29. The van der Waals surface area contributed by atoms with Gasteiger partial charge in [0.2, 0.25) is 0 Å². The molecule has 2 saturated heterocycles. The van der Waals surface area contributed by atoms with E-state index in [1.165, 1.54) is 0 Å². The van der Waals surface area contributed by atoms with E-state index in [9.17, 15) is 14.7 Å². The molecule has 36 heavy (non-hydrogen) atoms. The zero-order valence-corrected chi connectivity index (χ0v) is 21.6. The van der Waals surface area contributed by atoms with Gasteiger partial charge in [-0.15, -0.1) is 0 Å². The Labute approximate surface area is 213 Å². The average molecular weight is 493 g/mol. The number of carbonyl (C=O) groups is 2. The first kappa shape index (κ1) is 25.9. The Morgan fingerprint density at radius 1 is 1.06 bits per heavy atom. The molecule has 192 valence electrons. The molecule has 4 rings (SSSR count). The van der Waals surface area contributed by atoms with Crippen molar-refractivity contribution in [2.24, 2.45) is 0 Å². The summed E-state index contributed by atoms with van der Waals surface area (Å²) in [6.45, 7) is 10.8. The van der Waals surface area contributed by atoms with Crippen LogP contribution in [-0.2, 0) is 19.7 Å². The Balaban J connectivity index is 1.70. The van der Waals surface area contributed by atoms with Crippen molar-refractivity contribution < 1.29 is 24.2 Å². The first-order chi connectivity index (χ1) is 17.2. The van der Waals surface area contributed by atoms with E-state index in [2.05, 4.69) is 25.7 Å². The van der Waals surface area contributed by atoms with Crippen LogP contribution in [0.25, 0.3) is 5.76 Å². The highest BCUT2D eigenvalue weighted by atomic mass is 16.5. The number of methoxy groups -OCH3 is 1. The van der Waals surface area contributed by atoms with Gasteiger partial charge < -0.3 is 19.5 Å². The van der Waals surface area contributed by atoms with Crippen molar-refractivity contribution in [3.8, 4) is 5.75 Å². The number of Topliss-reactive ketones (excluding diaryl/α,β-unsaturated/α-hetero) is 1. The van der Waals surface area contributed by atoms with Crippen LogP contribution >= 0.6 is 0 Å². The summed E-state index contributed by atoms with van der Waals surface area (Å²) in [4.78, 5) is 30.5. The summed E-state index contributed by atoms with van der Waals surface area (Å²) >= 11 is 0. The molecule has 0 aliphatic carbocycles. The molecule has 0 bridgehead atoms. The van der Waals surface area contributed by atoms with Gasteiger partial charge in [0, 0.05) is 31.7 Å². The maximum absolute atomic E-state index is 13.3. The second kappa shape index (κ2) is 10.8. The maximum Gasteiger partial charge on any atom is 0.295 e. The predicted molar refractivity (Wildman–Crippen MR) is 139 cm³/mol. The molecule has 2 aliphatic rings. The Morgan fingerprint density at radius 2 is 1.75 bits per heavy atom. The quantitative estimate of drug-likeness (QED) is 0.356. The molecule has 2 heterocycles. The molecule has 2 aliphatic heterocycles. The van der Waals surface area contributed by atoms with Gasteiger partial charge in [0.25, 0.3) is 11.7 Å². The molecule has 2 aromatic carbocycles. The highest BCUT2D eigenvalue weighted by Crippen LogP contribution is 2.40. The number of nitrogens with zero attached hydrogens (tertiary/aromatic N) is 2. The van der Waals surface area contributed by atoms with Crippen LogP contribution in [0, 0.1) is 0 Å². The van der Waals surface area contributed by atoms with Crippen molar-refractivity contribution in [3.05, 3.63) is 70.8 Å². The summed E-state index contributed by atoms with van der Waals surface area (Å²) in [6, 6.07) is 14.2. The van der Waals surface area contributed by atoms with E-state index in [0.29, 0.717) is 31.1 Å². The molecule has 1 unspecified atom stereocenters. The van der Waals surface area contributed by atoms with E-state index in [1.807, 2.05) is 24.3 Å². The van der Waals surface area contributed by atoms with E-state index in [-0.39, 0.29) is 16.7 Å². The smallest absolute Gasteiger partial charge is 0.295 e. The number of ether oxygens (including phenoxy) is 2. The number of ketones is 1. The van der Waals surface area contributed by atoms with Crippen LogP contribution < -0.4 is 4.74 Å². The SMILES string of the molecule is COc1cccc(/C(O)=C2\C(=O)C(=O)N(CCCN3CCOCC3)C2c2ccc(C(C)(C)C)cc2)c1. The standard InChI is InChI=1S/C29H36N2O5/c1-29(2,3)22-11-9-20(10-12-22)25-24(26(32)21-7-5-8-23(19-21)35-4)27(33)28(34)31(25)14-6-13-30-15-17-36-18-16-30/h5,7-12,19,25,32H,6,13-18H2,1-4H3/b26-24+. The molecule has 0 aromatic heterocycles. The minimum absolute atomic E-state index is 0.0287.